The summed E-state index contributed by atoms with van der Waals surface area (Å²) in [4.78, 5) is 62.7. The van der Waals surface area contributed by atoms with Crippen molar-refractivity contribution >= 4 is 46.8 Å². The summed E-state index contributed by atoms with van der Waals surface area (Å²) in [5.41, 5.74) is -0.563. The van der Waals surface area contributed by atoms with Crippen molar-refractivity contribution in [3.05, 3.63) is 16.3 Å². The van der Waals surface area contributed by atoms with Crippen molar-refractivity contribution in [2.75, 3.05) is 25.6 Å². The molecular weight excluding hydrogens is 462 g/mol. The van der Waals surface area contributed by atoms with Gasteiger partial charge < -0.3 is 20.1 Å². The number of thiophene rings is 1. The van der Waals surface area contributed by atoms with Crippen molar-refractivity contribution in [3.63, 3.8) is 0 Å². The molecule has 0 bridgehead atoms. The minimum Gasteiger partial charge on any atom is -0.465 e. The molecule has 0 atom stereocenters. The summed E-state index contributed by atoms with van der Waals surface area (Å²) in [7, 11) is 1.23. The number of amides is 4. The van der Waals surface area contributed by atoms with Gasteiger partial charge in [-0.15, -0.1) is 11.3 Å². The average molecular weight is 494 g/mol. The van der Waals surface area contributed by atoms with Crippen molar-refractivity contribution in [1.82, 2.24) is 10.2 Å². The molecule has 2 fully saturated rings. The van der Waals surface area contributed by atoms with Gasteiger partial charge in [-0.1, -0.05) is 27.2 Å². The Labute approximate surface area is 202 Å². The van der Waals surface area contributed by atoms with Crippen LogP contribution >= 0.6 is 11.3 Å². The predicted octanol–water partition coefficient (Wildman–Crippen LogP) is 2.93. The minimum absolute atomic E-state index is 0.165. The fourth-order valence-electron chi connectivity index (χ4n) is 4.50. The van der Waals surface area contributed by atoms with Crippen LogP contribution in [0.3, 0.4) is 0 Å². The van der Waals surface area contributed by atoms with E-state index in [0.717, 1.165) is 35.5 Å². The van der Waals surface area contributed by atoms with Crippen LogP contribution in [-0.2, 0) is 23.9 Å². The summed E-state index contributed by atoms with van der Waals surface area (Å²) in [6.07, 6.45) is 3.74. The maximum atomic E-state index is 13.0. The molecule has 1 aromatic heterocycles. The van der Waals surface area contributed by atoms with E-state index < -0.39 is 48.5 Å². The zero-order valence-corrected chi connectivity index (χ0v) is 20.7. The first-order chi connectivity index (χ1) is 16.0. The van der Waals surface area contributed by atoms with Crippen LogP contribution in [0.5, 0.6) is 0 Å². The van der Waals surface area contributed by atoms with Crippen LogP contribution < -0.4 is 10.6 Å². The zero-order chi connectivity index (χ0) is 25.1. The van der Waals surface area contributed by atoms with E-state index >= 15 is 0 Å². The number of rotatable bonds is 8. The topological polar surface area (TPSA) is 131 Å². The second kappa shape index (κ2) is 10.1. The van der Waals surface area contributed by atoms with Gasteiger partial charge in [0.25, 0.3) is 11.8 Å². The van der Waals surface area contributed by atoms with Crippen LogP contribution in [0.1, 0.15) is 62.5 Å². The number of hydrogen-bond donors (Lipinski definition) is 2. The molecule has 1 aliphatic carbocycles. The number of nitrogens with zero attached hydrogens (tertiary/aromatic N) is 1. The number of ether oxygens (including phenoxy) is 2. The first-order valence-electron chi connectivity index (χ1n) is 11.3. The van der Waals surface area contributed by atoms with Crippen LogP contribution in [0.2, 0.25) is 0 Å². The Morgan fingerprint density at radius 2 is 1.94 bits per heavy atom. The van der Waals surface area contributed by atoms with E-state index in [1.165, 1.54) is 13.2 Å². The summed E-state index contributed by atoms with van der Waals surface area (Å²) < 4.78 is 9.60. The van der Waals surface area contributed by atoms with Crippen LogP contribution in [0.4, 0.5) is 10.5 Å². The highest BCUT2D eigenvalue weighted by molar-refractivity contribution is 7.12. The third-order valence-corrected chi connectivity index (χ3v) is 7.96. The van der Waals surface area contributed by atoms with Crippen molar-refractivity contribution < 1.29 is 33.4 Å². The molecule has 186 valence electrons. The smallest absolute Gasteiger partial charge is 0.350 e. The Morgan fingerprint density at radius 3 is 2.56 bits per heavy atom. The Bertz CT molecular complexity index is 979. The number of carbonyl (C=O) groups is 5. The lowest BCUT2D eigenvalue weighted by molar-refractivity contribution is -0.150. The van der Waals surface area contributed by atoms with Gasteiger partial charge in [0.1, 0.15) is 17.0 Å². The van der Waals surface area contributed by atoms with Gasteiger partial charge in [-0.2, -0.15) is 0 Å². The number of hydrogen-bond acceptors (Lipinski definition) is 8. The molecule has 0 unspecified atom stereocenters. The zero-order valence-electron chi connectivity index (χ0n) is 19.9. The molecule has 4 amide bonds. The Hall–Kier alpha value is -2.95. The molecule has 2 N–H and O–H groups in total. The summed E-state index contributed by atoms with van der Waals surface area (Å²) in [5.74, 6) is -2.10. The van der Waals surface area contributed by atoms with Crippen LogP contribution in [0, 0.1) is 11.3 Å². The Balaban J connectivity index is 1.51. The summed E-state index contributed by atoms with van der Waals surface area (Å²) >= 11 is 1.10. The van der Waals surface area contributed by atoms with Crippen molar-refractivity contribution in [3.8, 4) is 0 Å². The van der Waals surface area contributed by atoms with Crippen molar-refractivity contribution in [2.24, 2.45) is 11.3 Å². The maximum absolute atomic E-state index is 13.0. The van der Waals surface area contributed by atoms with Crippen LogP contribution in [0.15, 0.2) is 11.4 Å². The van der Waals surface area contributed by atoms with Gasteiger partial charge in [-0.3, -0.25) is 19.3 Å². The van der Waals surface area contributed by atoms with Gasteiger partial charge in [-0.05, 0) is 48.5 Å². The highest BCUT2D eigenvalue weighted by Crippen LogP contribution is 2.45. The van der Waals surface area contributed by atoms with Gasteiger partial charge in [0.05, 0.1) is 12.8 Å². The third kappa shape index (κ3) is 5.24. The first kappa shape index (κ1) is 25.7. The summed E-state index contributed by atoms with van der Waals surface area (Å²) in [5, 5.41) is 6.87. The molecule has 0 aromatic carbocycles. The maximum Gasteiger partial charge on any atom is 0.350 e. The van der Waals surface area contributed by atoms with E-state index in [4.69, 9.17) is 4.74 Å². The molecule has 10 nitrogen and oxygen atoms in total. The van der Waals surface area contributed by atoms with E-state index in [1.54, 1.807) is 5.38 Å². The molecular formula is C23H31N3O7S. The van der Waals surface area contributed by atoms with Gasteiger partial charge in [0.15, 0.2) is 6.61 Å². The second-order valence-electron chi connectivity index (χ2n) is 9.38. The SMILES string of the molecule is CCC(C)(C)C1CCC2(CC1)NC(=O)N(CC(=O)OCC(=O)Nc1ccsc1C(=O)OC)C2=O. The third-order valence-electron chi connectivity index (χ3n) is 7.06. The molecule has 1 aromatic rings. The number of nitrogens with one attached hydrogen (secondary N) is 2. The molecule has 1 aliphatic heterocycles. The first-order valence-corrected chi connectivity index (χ1v) is 12.2. The highest BCUT2D eigenvalue weighted by Gasteiger charge is 2.53. The number of imide groups is 1. The molecule has 0 radical (unpaired) electrons. The molecule has 3 rings (SSSR count). The molecule has 2 heterocycles. The largest absolute Gasteiger partial charge is 0.465 e. The van der Waals surface area contributed by atoms with E-state index in [-0.39, 0.29) is 16.0 Å². The molecule has 2 aliphatic rings. The van der Waals surface area contributed by atoms with E-state index in [1.807, 2.05) is 0 Å². The molecule has 1 saturated carbocycles. The lowest BCUT2D eigenvalue weighted by atomic mass is 9.65. The van der Waals surface area contributed by atoms with Crippen LogP contribution in [-0.4, -0.2) is 60.5 Å². The second-order valence-corrected chi connectivity index (χ2v) is 10.3. The molecule has 34 heavy (non-hydrogen) atoms. The normalized spacial score (nSPS) is 22.5. The fourth-order valence-corrected chi connectivity index (χ4v) is 5.27. The number of methoxy groups -OCH3 is 1. The standard InChI is InChI=1S/C23H31N3O7S/c1-5-22(2,3)14-6-9-23(10-7-14)20(30)26(21(31)25-23)12-17(28)33-13-16(27)24-15-8-11-34-18(15)19(29)32-4/h8,11,14H,5-7,9-10,12-13H2,1-4H3,(H,24,27)(H,25,31). The number of anilines is 1. The van der Waals surface area contributed by atoms with Crippen molar-refractivity contribution in [1.29, 1.82) is 0 Å². The van der Waals surface area contributed by atoms with Crippen LogP contribution in [0.25, 0.3) is 0 Å². The van der Waals surface area contributed by atoms with Gasteiger partial charge in [0.2, 0.25) is 0 Å². The van der Waals surface area contributed by atoms with E-state index in [9.17, 15) is 24.0 Å². The Kier molecular flexibility index (Phi) is 7.64. The minimum atomic E-state index is -0.974. The van der Waals surface area contributed by atoms with E-state index in [2.05, 4.69) is 36.1 Å². The summed E-state index contributed by atoms with van der Waals surface area (Å²) in [6.45, 7) is 5.39. The number of esters is 2. The summed E-state index contributed by atoms with van der Waals surface area (Å²) in [6, 6.07) is 0.903. The number of urea groups is 1. The lowest BCUT2D eigenvalue weighted by Crippen LogP contribution is -2.51. The monoisotopic (exact) mass is 493 g/mol. The van der Waals surface area contributed by atoms with Gasteiger partial charge in [-0.25, -0.2) is 9.59 Å². The van der Waals surface area contributed by atoms with Gasteiger partial charge in [0, 0.05) is 0 Å². The molecule has 1 spiro atoms. The Morgan fingerprint density at radius 1 is 1.26 bits per heavy atom. The molecule has 1 saturated heterocycles. The average Bonchev–Trinajstić information content (AvgIpc) is 3.36. The van der Waals surface area contributed by atoms with E-state index in [0.29, 0.717) is 18.8 Å². The predicted molar refractivity (Wildman–Crippen MR) is 124 cm³/mol. The fraction of sp³-hybridized carbons (Fsp3) is 0.609. The lowest BCUT2D eigenvalue weighted by Gasteiger charge is -2.42. The quantitative estimate of drug-likeness (QED) is 0.420. The van der Waals surface area contributed by atoms with Crippen molar-refractivity contribution in [2.45, 2.75) is 58.4 Å². The molecule has 11 heteroatoms. The number of carbonyl (C=O) groups excluding carboxylic acids is 5. The van der Waals surface area contributed by atoms with Gasteiger partial charge >= 0.3 is 18.0 Å². The highest BCUT2D eigenvalue weighted by atomic mass is 32.1.